The Morgan fingerprint density at radius 2 is 1.23 bits per heavy atom. The molecule has 6 rings (SSSR count). The lowest BCUT2D eigenvalue weighted by atomic mass is 10.1. The highest BCUT2D eigenvalue weighted by Gasteiger charge is 2.12. The van der Waals surface area contributed by atoms with E-state index in [0.29, 0.717) is 5.82 Å². The molecule has 2 aromatic carbocycles. The highest BCUT2D eigenvalue weighted by molar-refractivity contribution is 6.30. The predicted octanol–water partition coefficient (Wildman–Crippen LogP) is 7.59. The molecule has 13 heteroatoms. The SMILES string of the molecule is C.C.Clc1ncnc(Cl)n1.Cn1cc(-c2ncnc(Cl)n2)c2cc(F)ccc21.Cn1ccc2cc(F)ccc21. The Balaban J connectivity index is 0.000000219. The second-order valence-electron chi connectivity index (χ2n) is 7.55. The average molecular weight is 594 g/mol. The number of aromatic nitrogens is 8. The number of hydrogen-bond acceptors (Lipinski definition) is 6. The molecule has 0 fully saturated rings. The maximum absolute atomic E-state index is 13.3. The number of rotatable bonds is 1. The van der Waals surface area contributed by atoms with Crippen molar-refractivity contribution < 1.29 is 8.78 Å². The van der Waals surface area contributed by atoms with Crippen molar-refractivity contribution >= 4 is 56.6 Å². The number of aryl methyl sites for hydroxylation is 2. The first-order valence-corrected chi connectivity index (χ1v) is 11.6. The van der Waals surface area contributed by atoms with Crippen LogP contribution in [0.5, 0.6) is 0 Å². The minimum absolute atomic E-state index is 0. The van der Waals surface area contributed by atoms with Crippen LogP contribution in [0.2, 0.25) is 15.9 Å². The monoisotopic (exact) mass is 592 g/mol. The molecule has 0 spiro atoms. The molecule has 0 radical (unpaired) electrons. The van der Waals surface area contributed by atoms with Crippen LogP contribution in [0.25, 0.3) is 33.2 Å². The molecule has 0 N–H and O–H groups in total. The molecule has 0 amide bonds. The first kappa shape index (κ1) is 31.5. The summed E-state index contributed by atoms with van der Waals surface area (Å²) in [6, 6.07) is 11.3. The lowest BCUT2D eigenvalue weighted by Crippen LogP contribution is -1.90. The molecule has 0 aliphatic carbocycles. The summed E-state index contributed by atoms with van der Waals surface area (Å²) in [7, 11) is 3.83. The van der Waals surface area contributed by atoms with Gasteiger partial charge in [-0.2, -0.15) is 9.97 Å². The van der Waals surface area contributed by atoms with Gasteiger partial charge in [0.05, 0.1) is 0 Å². The van der Waals surface area contributed by atoms with Gasteiger partial charge in [0.2, 0.25) is 15.9 Å². The van der Waals surface area contributed by atoms with E-state index < -0.39 is 0 Å². The summed E-state index contributed by atoms with van der Waals surface area (Å²) in [4.78, 5) is 22.3. The summed E-state index contributed by atoms with van der Waals surface area (Å²) in [5.74, 6) is -0.0370. The Morgan fingerprint density at radius 3 is 1.82 bits per heavy atom. The van der Waals surface area contributed by atoms with E-state index in [9.17, 15) is 8.78 Å². The molecule has 6 aromatic rings. The molecule has 0 atom stereocenters. The van der Waals surface area contributed by atoms with E-state index in [-0.39, 0.29) is 42.3 Å². The molecule has 4 aromatic heterocycles. The van der Waals surface area contributed by atoms with E-state index in [1.54, 1.807) is 12.1 Å². The van der Waals surface area contributed by atoms with Gasteiger partial charge in [-0.05, 0) is 77.3 Å². The van der Waals surface area contributed by atoms with Gasteiger partial charge < -0.3 is 9.13 Å². The third-order valence-electron chi connectivity index (χ3n) is 5.10. The van der Waals surface area contributed by atoms with Crippen molar-refractivity contribution in [1.82, 2.24) is 39.0 Å². The molecule has 0 aliphatic heterocycles. The molecular formula is C26H25Cl3F2N8. The quantitative estimate of drug-likeness (QED) is 0.195. The van der Waals surface area contributed by atoms with Crippen LogP contribution < -0.4 is 0 Å². The first-order chi connectivity index (χ1) is 17.7. The van der Waals surface area contributed by atoms with Crippen molar-refractivity contribution in [2.75, 3.05) is 0 Å². The fraction of sp³-hybridized carbons (Fsp3) is 0.154. The zero-order valence-electron chi connectivity index (χ0n) is 19.3. The fourth-order valence-corrected chi connectivity index (χ4v) is 3.87. The van der Waals surface area contributed by atoms with Crippen LogP contribution in [-0.4, -0.2) is 39.0 Å². The lowest BCUT2D eigenvalue weighted by Gasteiger charge is -1.97. The van der Waals surface area contributed by atoms with Crippen molar-refractivity contribution in [2.45, 2.75) is 14.9 Å². The van der Waals surface area contributed by atoms with E-state index in [1.165, 1.54) is 36.9 Å². The Labute approximate surface area is 239 Å². The smallest absolute Gasteiger partial charge is 0.226 e. The summed E-state index contributed by atoms with van der Waals surface area (Å²) in [6.07, 6.45) is 6.35. The fourth-order valence-electron chi connectivity index (χ4n) is 3.46. The molecule has 0 saturated carbocycles. The summed E-state index contributed by atoms with van der Waals surface area (Å²) >= 11 is 16.3. The van der Waals surface area contributed by atoms with Crippen LogP contribution >= 0.6 is 34.8 Å². The van der Waals surface area contributed by atoms with Gasteiger partial charge in [0.25, 0.3) is 0 Å². The maximum Gasteiger partial charge on any atom is 0.226 e. The van der Waals surface area contributed by atoms with Crippen LogP contribution in [0.1, 0.15) is 14.9 Å². The van der Waals surface area contributed by atoms with Crippen LogP contribution in [0.15, 0.2) is 67.5 Å². The van der Waals surface area contributed by atoms with Crippen LogP contribution in [0, 0.1) is 11.6 Å². The Kier molecular flexibility index (Phi) is 11.2. The van der Waals surface area contributed by atoms with Gasteiger partial charge in [-0.1, -0.05) is 14.9 Å². The Morgan fingerprint density at radius 1 is 0.667 bits per heavy atom. The summed E-state index contributed by atoms with van der Waals surface area (Å²) < 4.78 is 29.8. The van der Waals surface area contributed by atoms with Crippen LogP contribution in [0.3, 0.4) is 0 Å². The van der Waals surface area contributed by atoms with Gasteiger partial charge in [-0.15, -0.1) is 0 Å². The Bertz CT molecular complexity index is 1670. The lowest BCUT2D eigenvalue weighted by molar-refractivity contribution is 0.629. The predicted molar refractivity (Wildman–Crippen MR) is 153 cm³/mol. The number of halogens is 5. The van der Waals surface area contributed by atoms with E-state index in [0.717, 1.165) is 27.4 Å². The molecule has 0 saturated heterocycles. The van der Waals surface area contributed by atoms with E-state index in [1.807, 2.05) is 41.7 Å². The van der Waals surface area contributed by atoms with E-state index >= 15 is 0 Å². The van der Waals surface area contributed by atoms with Crippen molar-refractivity contribution in [3.8, 4) is 11.4 Å². The first-order valence-electron chi connectivity index (χ1n) is 10.5. The van der Waals surface area contributed by atoms with Crippen molar-refractivity contribution in [1.29, 1.82) is 0 Å². The van der Waals surface area contributed by atoms with Gasteiger partial charge >= 0.3 is 0 Å². The molecule has 0 bridgehead atoms. The average Bonchev–Trinajstić information content (AvgIpc) is 3.38. The second kappa shape index (κ2) is 13.9. The highest BCUT2D eigenvalue weighted by atomic mass is 35.5. The number of fused-ring (bicyclic) bond motifs is 2. The van der Waals surface area contributed by atoms with Gasteiger partial charge in [-0.3, -0.25) is 0 Å². The van der Waals surface area contributed by atoms with Gasteiger partial charge in [-0.25, -0.2) is 28.7 Å². The largest absolute Gasteiger partial charge is 0.351 e. The molecule has 204 valence electrons. The molecule has 4 heterocycles. The standard InChI is InChI=1S/C12H8ClFN4.C9H8FN.C3HCl2N3.2CH4/c1-18-5-9(11-15-6-16-12(13)17-11)8-4-7(14)2-3-10(8)18;1-11-5-4-7-6-8(10)2-3-9(7)11;4-2-6-1-7-3(5)8-2;;/h2-6H,1H3;2-6H,1H3;1H;2*1H4. The number of hydrogen-bond donors (Lipinski definition) is 0. The molecule has 0 aliphatic rings. The molecule has 0 unspecified atom stereocenters. The Hall–Kier alpha value is -3.73. The topological polar surface area (TPSA) is 87.2 Å². The minimum atomic E-state index is -0.296. The highest BCUT2D eigenvalue weighted by Crippen LogP contribution is 2.28. The maximum atomic E-state index is 13.3. The van der Waals surface area contributed by atoms with Crippen LogP contribution in [0.4, 0.5) is 8.78 Å². The zero-order chi connectivity index (χ0) is 26.5. The molecule has 8 nitrogen and oxygen atoms in total. The zero-order valence-corrected chi connectivity index (χ0v) is 21.6. The number of nitrogens with zero attached hydrogens (tertiary/aromatic N) is 8. The van der Waals surface area contributed by atoms with Crippen molar-refractivity contribution in [2.24, 2.45) is 14.1 Å². The van der Waals surface area contributed by atoms with E-state index in [2.05, 4.69) is 29.9 Å². The van der Waals surface area contributed by atoms with Crippen molar-refractivity contribution in [3.63, 3.8) is 0 Å². The summed E-state index contributed by atoms with van der Waals surface area (Å²) in [5.41, 5.74) is 2.70. The normalized spacial score (nSPS) is 10.0. The summed E-state index contributed by atoms with van der Waals surface area (Å²) in [5, 5.41) is 2.05. The van der Waals surface area contributed by atoms with E-state index in [4.69, 9.17) is 34.8 Å². The van der Waals surface area contributed by atoms with Gasteiger partial charge in [0.15, 0.2) is 5.82 Å². The second-order valence-corrected chi connectivity index (χ2v) is 8.56. The number of benzene rings is 2. The summed E-state index contributed by atoms with van der Waals surface area (Å²) in [6.45, 7) is 0. The van der Waals surface area contributed by atoms with Gasteiger partial charge in [0, 0.05) is 53.9 Å². The third-order valence-corrected chi connectivity index (χ3v) is 5.64. The molecule has 39 heavy (non-hydrogen) atoms. The minimum Gasteiger partial charge on any atom is -0.351 e. The van der Waals surface area contributed by atoms with Gasteiger partial charge in [0.1, 0.15) is 24.3 Å². The molecular weight excluding hydrogens is 569 g/mol. The van der Waals surface area contributed by atoms with Crippen molar-refractivity contribution in [3.05, 3.63) is 95.0 Å². The van der Waals surface area contributed by atoms with Crippen LogP contribution in [-0.2, 0) is 14.1 Å². The third kappa shape index (κ3) is 7.89.